The lowest BCUT2D eigenvalue weighted by Crippen LogP contribution is -2.57. The molecule has 3 heteroatoms. The Morgan fingerprint density at radius 2 is 1.95 bits per heavy atom. The molecule has 2 atom stereocenters. The van der Waals surface area contributed by atoms with Gasteiger partial charge < -0.3 is 0 Å². The fourth-order valence-corrected chi connectivity index (χ4v) is 3.74. The highest BCUT2D eigenvalue weighted by Gasteiger charge is 2.37. The van der Waals surface area contributed by atoms with Crippen molar-refractivity contribution in [3.05, 3.63) is 35.6 Å². The van der Waals surface area contributed by atoms with Crippen molar-refractivity contribution in [3.63, 3.8) is 0 Å². The second-order valence-electron chi connectivity index (χ2n) is 6.66. The molecule has 2 unspecified atom stereocenters. The van der Waals surface area contributed by atoms with Crippen molar-refractivity contribution in [2.75, 3.05) is 19.6 Å². The van der Waals surface area contributed by atoms with Gasteiger partial charge in [0, 0.05) is 31.7 Å². The Morgan fingerprint density at radius 1 is 1.20 bits per heavy atom. The minimum atomic E-state index is -0.144. The van der Waals surface area contributed by atoms with E-state index in [1.54, 1.807) is 12.1 Å². The Balaban J connectivity index is 1.73. The van der Waals surface area contributed by atoms with Gasteiger partial charge in [-0.2, -0.15) is 0 Å². The molecular formula is C17H25FN2. The van der Waals surface area contributed by atoms with Crippen LogP contribution in [0.1, 0.15) is 32.3 Å². The summed E-state index contributed by atoms with van der Waals surface area (Å²) in [5.74, 6) is 0.520. The van der Waals surface area contributed by atoms with Crippen molar-refractivity contribution < 1.29 is 4.39 Å². The Kier molecular flexibility index (Phi) is 4.08. The summed E-state index contributed by atoms with van der Waals surface area (Å²) in [6.07, 6.45) is 2.69. The number of halogens is 1. The SMILES string of the molecule is CC(C)C1CN2CCCC2CN1Cc1ccc(F)cc1. The monoisotopic (exact) mass is 276 g/mol. The standard InChI is InChI=1S/C17H25FN2/c1-13(2)17-12-19-9-3-4-16(19)11-20(17)10-14-5-7-15(18)8-6-14/h5-8,13,16-17H,3-4,9-12H2,1-2H3. The van der Waals surface area contributed by atoms with Gasteiger partial charge >= 0.3 is 0 Å². The third kappa shape index (κ3) is 2.89. The van der Waals surface area contributed by atoms with Gasteiger partial charge in [0.05, 0.1) is 0 Å². The molecule has 2 nitrogen and oxygen atoms in total. The van der Waals surface area contributed by atoms with Crippen LogP contribution in [0.4, 0.5) is 4.39 Å². The summed E-state index contributed by atoms with van der Waals surface area (Å²) < 4.78 is 13.0. The average Bonchev–Trinajstić information content (AvgIpc) is 2.87. The van der Waals surface area contributed by atoms with Crippen LogP contribution >= 0.6 is 0 Å². The van der Waals surface area contributed by atoms with Crippen LogP contribution in [0.15, 0.2) is 24.3 Å². The van der Waals surface area contributed by atoms with Gasteiger partial charge in [-0.05, 0) is 43.0 Å². The van der Waals surface area contributed by atoms with Crippen molar-refractivity contribution in [3.8, 4) is 0 Å². The molecule has 0 saturated carbocycles. The lowest BCUT2D eigenvalue weighted by Gasteiger charge is -2.45. The van der Waals surface area contributed by atoms with Gasteiger partial charge in [-0.25, -0.2) is 4.39 Å². The van der Waals surface area contributed by atoms with E-state index in [0.29, 0.717) is 12.0 Å². The minimum absolute atomic E-state index is 0.144. The molecular weight excluding hydrogens is 251 g/mol. The van der Waals surface area contributed by atoms with Gasteiger partial charge in [0.15, 0.2) is 0 Å². The van der Waals surface area contributed by atoms with E-state index >= 15 is 0 Å². The predicted octanol–water partition coefficient (Wildman–Crippen LogP) is 3.13. The van der Waals surface area contributed by atoms with E-state index < -0.39 is 0 Å². The highest BCUT2D eigenvalue weighted by Crippen LogP contribution is 2.28. The highest BCUT2D eigenvalue weighted by atomic mass is 19.1. The summed E-state index contributed by atoms with van der Waals surface area (Å²) in [6.45, 7) is 9.23. The molecule has 0 radical (unpaired) electrons. The number of hydrogen-bond donors (Lipinski definition) is 0. The average molecular weight is 276 g/mol. The normalized spacial score (nSPS) is 28.0. The van der Waals surface area contributed by atoms with Crippen LogP contribution in [0.5, 0.6) is 0 Å². The van der Waals surface area contributed by atoms with E-state index in [4.69, 9.17) is 0 Å². The first-order valence-electron chi connectivity index (χ1n) is 7.86. The van der Waals surface area contributed by atoms with Crippen LogP contribution in [-0.2, 0) is 6.54 Å². The van der Waals surface area contributed by atoms with Crippen LogP contribution in [0.25, 0.3) is 0 Å². The molecule has 2 aliphatic heterocycles. The number of nitrogens with zero attached hydrogens (tertiary/aromatic N) is 2. The molecule has 1 aromatic carbocycles. The number of benzene rings is 1. The minimum Gasteiger partial charge on any atom is -0.298 e. The van der Waals surface area contributed by atoms with Crippen molar-refractivity contribution >= 4 is 0 Å². The lowest BCUT2D eigenvalue weighted by atomic mass is 9.96. The van der Waals surface area contributed by atoms with E-state index in [1.807, 2.05) is 12.1 Å². The zero-order chi connectivity index (χ0) is 14.1. The van der Waals surface area contributed by atoms with Gasteiger partial charge in [0.1, 0.15) is 5.82 Å². The summed E-state index contributed by atoms with van der Waals surface area (Å²) in [5.41, 5.74) is 1.23. The Morgan fingerprint density at radius 3 is 2.65 bits per heavy atom. The van der Waals surface area contributed by atoms with E-state index in [1.165, 1.54) is 38.0 Å². The number of piperazine rings is 1. The first kappa shape index (κ1) is 14.0. The van der Waals surface area contributed by atoms with Crippen LogP contribution in [-0.4, -0.2) is 41.5 Å². The second kappa shape index (κ2) is 5.82. The zero-order valence-electron chi connectivity index (χ0n) is 12.6. The fourth-order valence-electron chi connectivity index (χ4n) is 3.74. The van der Waals surface area contributed by atoms with E-state index in [0.717, 1.165) is 12.6 Å². The molecule has 2 heterocycles. The number of rotatable bonds is 3. The molecule has 0 aliphatic carbocycles. The van der Waals surface area contributed by atoms with Gasteiger partial charge in [-0.3, -0.25) is 9.80 Å². The largest absolute Gasteiger partial charge is 0.298 e. The molecule has 2 fully saturated rings. The molecule has 3 rings (SSSR count). The third-order valence-electron chi connectivity index (χ3n) is 4.90. The van der Waals surface area contributed by atoms with Crippen LogP contribution in [0.2, 0.25) is 0 Å². The smallest absolute Gasteiger partial charge is 0.123 e. The maximum Gasteiger partial charge on any atom is 0.123 e. The Labute approximate surface area is 121 Å². The fraction of sp³-hybridized carbons (Fsp3) is 0.647. The van der Waals surface area contributed by atoms with Gasteiger partial charge in [0.2, 0.25) is 0 Å². The maximum absolute atomic E-state index is 13.0. The number of hydrogen-bond acceptors (Lipinski definition) is 2. The molecule has 0 aromatic heterocycles. The van der Waals surface area contributed by atoms with Gasteiger partial charge in [-0.15, -0.1) is 0 Å². The number of fused-ring (bicyclic) bond motifs is 1. The molecule has 2 aliphatic rings. The molecule has 0 bridgehead atoms. The summed E-state index contributed by atoms with van der Waals surface area (Å²) in [4.78, 5) is 5.29. The molecule has 110 valence electrons. The van der Waals surface area contributed by atoms with E-state index in [-0.39, 0.29) is 5.82 Å². The third-order valence-corrected chi connectivity index (χ3v) is 4.90. The van der Waals surface area contributed by atoms with Crippen molar-refractivity contribution in [2.24, 2.45) is 5.92 Å². The summed E-state index contributed by atoms with van der Waals surface area (Å²) >= 11 is 0. The molecule has 2 saturated heterocycles. The van der Waals surface area contributed by atoms with Crippen LogP contribution < -0.4 is 0 Å². The van der Waals surface area contributed by atoms with E-state index in [9.17, 15) is 4.39 Å². The quantitative estimate of drug-likeness (QED) is 0.837. The van der Waals surface area contributed by atoms with Gasteiger partial charge in [-0.1, -0.05) is 26.0 Å². The summed E-state index contributed by atoms with van der Waals surface area (Å²) in [7, 11) is 0. The first-order chi connectivity index (χ1) is 9.63. The van der Waals surface area contributed by atoms with Crippen LogP contribution in [0.3, 0.4) is 0 Å². The molecule has 0 amide bonds. The Bertz CT molecular complexity index is 443. The van der Waals surface area contributed by atoms with Crippen molar-refractivity contribution in [1.82, 2.24) is 9.80 Å². The molecule has 0 spiro atoms. The second-order valence-corrected chi connectivity index (χ2v) is 6.66. The first-order valence-corrected chi connectivity index (χ1v) is 7.86. The van der Waals surface area contributed by atoms with E-state index in [2.05, 4.69) is 23.6 Å². The van der Waals surface area contributed by atoms with Gasteiger partial charge in [0.25, 0.3) is 0 Å². The zero-order valence-corrected chi connectivity index (χ0v) is 12.6. The topological polar surface area (TPSA) is 6.48 Å². The van der Waals surface area contributed by atoms with Crippen molar-refractivity contribution in [1.29, 1.82) is 0 Å². The summed E-state index contributed by atoms with van der Waals surface area (Å²) in [6, 6.07) is 8.36. The highest BCUT2D eigenvalue weighted by molar-refractivity contribution is 5.16. The molecule has 0 N–H and O–H groups in total. The molecule has 20 heavy (non-hydrogen) atoms. The predicted molar refractivity (Wildman–Crippen MR) is 80.0 cm³/mol. The maximum atomic E-state index is 13.0. The summed E-state index contributed by atoms with van der Waals surface area (Å²) in [5, 5.41) is 0. The Hall–Kier alpha value is -0.930. The van der Waals surface area contributed by atoms with Crippen molar-refractivity contribution in [2.45, 2.75) is 45.3 Å². The lowest BCUT2D eigenvalue weighted by molar-refractivity contribution is 0.0239. The molecule has 1 aromatic rings. The van der Waals surface area contributed by atoms with Crippen LogP contribution in [0, 0.1) is 11.7 Å².